The Hall–Kier alpha value is -1.88. The third-order valence-electron chi connectivity index (χ3n) is 2.24. The summed E-state index contributed by atoms with van der Waals surface area (Å²) in [7, 11) is 0. The number of benzene rings is 1. The Bertz CT molecular complexity index is 379. The lowest BCUT2D eigenvalue weighted by atomic mass is 10.1. The fraction of sp³-hybridized carbons (Fsp3) is 0.333. The van der Waals surface area contributed by atoms with Gasteiger partial charge in [0.25, 0.3) is 5.91 Å². The normalized spacial score (nSPS) is 11.8. The van der Waals surface area contributed by atoms with Crippen molar-refractivity contribution in [3.63, 3.8) is 0 Å². The highest BCUT2D eigenvalue weighted by Crippen LogP contribution is 2.03. The minimum atomic E-state index is -0.903. The number of rotatable bonds is 6. The van der Waals surface area contributed by atoms with Gasteiger partial charge in [-0.1, -0.05) is 30.3 Å². The molecule has 5 nitrogen and oxygen atoms in total. The predicted octanol–water partition coefficient (Wildman–Crippen LogP) is 0.647. The zero-order valence-corrected chi connectivity index (χ0v) is 9.39. The Morgan fingerprint density at radius 1 is 1.29 bits per heavy atom. The maximum Gasteiger partial charge on any atom is 0.306 e. The van der Waals surface area contributed by atoms with E-state index in [2.05, 4.69) is 0 Å². The average Bonchev–Trinajstić information content (AvgIpc) is 2.34. The molecule has 0 bridgehead atoms. The third kappa shape index (κ3) is 5.12. The summed E-state index contributed by atoms with van der Waals surface area (Å²) < 4.78 is 4.99. The number of hydrogen-bond acceptors (Lipinski definition) is 4. The second-order valence-corrected chi connectivity index (χ2v) is 3.66. The minimum absolute atomic E-state index is 0.0542. The van der Waals surface area contributed by atoms with Crippen LogP contribution in [0.1, 0.15) is 18.4 Å². The monoisotopic (exact) mass is 235 g/mol. The maximum atomic E-state index is 11.3. The van der Waals surface area contributed by atoms with E-state index in [4.69, 9.17) is 16.2 Å². The summed E-state index contributed by atoms with van der Waals surface area (Å²) in [5.41, 5.74) is 13.0. The number of nitrogens with one attached hydrogen (secondary N) is 1. The number of carbonyl (C=O) groups excluding carboxylic acids is 2. The van der Waals surface area contributed by atoms with Crippen molar-refractivity contribution in [3.8, 4) is 0 Å². The van der Waals surface area contributed by atoms with Crippen LogP contribution >= 0.6 is 0 Å². The molecule has 0 saturated carbocycles. The number of ether oxygens (including phenoxy) is 1. The van der Waals surface area contributed by atoms with Crippen LogP contribution in [0.3, 0.4) is 0 Å². The first-order valence-corrected chi connectivity index (χ1v) is 5.30. The second kappa shape index (κ2) is 6.65. The summed E-state index contributed by atoms with van der Waals surface area (Å²) in [5, 5.41) is 0. The summed E-state index contributed by atoms with van der Waals surface area (Å²) in [4.78, 5) is 21.8. The van der Waals surface area contributed by atoms with E-state index >= 15 is 0 Å². The number of carbonyl (C=O) groups is 2. The zero-order valence-electron chi connectivity index (χ0n) is 9.39. The lowest BCUT2D eigenvalue weighted by Crippen LogP contribution is -2.31. The summed E-state index contributed by atoms with van der Waals surface area (Å²) in [6.07, 6.45) is 0.203. The maximum absolute atomic E-state index is 11.3. The van der Waals surface area contributed by atoms with Gasteiger partial charge in [0, 0.05) is 6.42 Å². The quantitative estimate of drug-likeness (QED) is 0.732. The molecule has 1 aromatic carbocycles. The van der Waals surface area contributed by atoms with Crippen molar-refractivity contribution in [2.75, 3.05) is 0 Å². The van der Waals surface area contributed by atoms with Crippen molar-refractivity contribution in [2.45, 2.75) is 25.5 Å². The average molecular weight is 235 g/mol. The van der Waals surface area contributed by atoms with Crippen LogP contribution in [0, 0.1) is 0 Å². The van der Waals surface area contributed by atoms with Gasteiger partial charge in [-0.15, -0.1) is 0 Å². The van der Waals surface area contributed by atoms with E-state index in [9.17, 15) is 9.59 Å². The van der Waals surface area contributed by atoms with Crippen LogP contribution in [0.2, 0.25) is 0 Å². The van der Waals surface area contributed by atoms with Gasteiger partial charge in [-0.05, 0) is 12.0 Å². The van der Waals surface area contributed by atoms with Crippen LogP contribution in [-0.2, 0) is 20.9 Å². The van der Waals surface area contributed by atoms with Crippen LogP contribution in [0.25, 0.3) is 0 Å². The van der Waals surface area contributed by atoms with E-state index in [-0.39, 0.29) is 19.4 Å². The Morgan fingerprint density at radius 3 is 2.53 bits per heavy atom. The highest BCUT2D eigenvalue weighted by molar-refractivity contribution is 5.79. The number of amides is 1. The van der Waals surface area contributed by atoms with Gasteiger partial charge in [-0.3, -0.25) is 15.3 Å². The molecule has 0 aliphatic carbocycles. The Kier molecular flexibility index (Phi) is 5.16. The van der Waals surface area contributed by atoms with Gasteiger partial charge in [-0.2, -0.15) is 0 Å². The van der Waals surface area contributed by atoms with E-state index in [0.29, 0.717) is 0 Å². The van der Waals surface area contributed by atoms with Gasteiger partial charge in [0.05, 0.1) is 6.04 Å². The molecule has 0 heterocycles. The van der Waals surface area contributed by atoms with Crippen molar-refractivity contribution >= 4 is 11.9 Å². The van der Waals surface area contributed by atoms with E-state index in [1.54, 1.807) is 0 Å². The summed E-state index contributed by atoms with van der Waals surface area (Å²) >= 11 is 0. The zero-order chi connectivity index (χ0) is 12.7. The van der Waals surface area contributed by atoms with Crippen LogP contribution in [0.4, 0.5) is 0 Å². The molecule has 0 fully saturated rings. The summed E-state index contributed by atoms with van der Waals surface area (Å²) in [6, 6.07) is 8.40. The third-order valence-corrected chi connectivity index (χ3v) is 2.24. The lowest BCUT2D eigenvalue weighted by molar-refractivity contribution is -0.145. The minimum Gasteiger partial charge on any atom is -0.461 e. The molecular weight excluding hydrogens is 220 g/mol. The topological polar surface area (TPSA) is 93.2 Å². The molecule has 17 heavy (non-hydrogen) atoms. The predicted molar refractivity (Wildman–Crippen MR) is 61.6 cm³/mol. The van der Waals surface area contributed by atoms with Gasteiger partial charge >= 0.3 is 5.97 Å². The van der Waals surface area contributed by atoms with Crippen LogP contribution in [0.15, 0.2) is 30.3 Å². The Labute approximate surface area is 99.7 Å². The molecule has 1 unspecified atom stereocenters. The molecule has 0 aliphatic heterocycles. The smallest absolute Gasteiger partial charge is 0.306 e. The molecule has 1 aromatic rings. The molecule has 3 N–H and O–H groups in total. The molecule has 0 saturated heterocycles. The van der Waals surface area contributed by atoms with E-state index < -0.39 is 17.9 Å². The molecule has 0 spiro atoms. The molecule has 5 heteroatoms. The molecule has 1 amide bonds. The van der Waals surface area contributed by atoms with Crippen LogP contribution < -0.4 is 11.5 Å². The summed E-state index contributed by atoms with van der Waals surface area (Å²) in [6.45, 7) is 0.212. The molecule has 1 radical (unpaired) electrons. The van der Waals surface area contributed by atoms with Crippen LogP contribution in [-0.4, -0.2) is 17.9 Å². The SMILES string of the molecule is [NH]C(=O)C(N)CCC(=O)OCc1ccccc1. The molecule has 1 atom stereocenters. The van der Waals surface area contributed by atoms with Gasteiger partial charge in [0.15, 0.2) is 0 Å². The molecular formula is C12H15N2O3. The number of nitrogens with two attached hydrogens (primary N) is 1. The first-order valence-electron chi connectivity index (χ1n) is 5.30. The van der Waals surface area contributed by atoms with Crippen molar-refractivity contribution in [2.24, 2.45) is 5.73 Å². The molecule has 0 aromatic heterocycles. The van der Waals surface area contributed by atoms with E-state index in [1.165, 1.54) is 0 Å². The highest BCUT2D eigenvalue weighted by atomic mass is 16.5. The van der Waals surface area contributed by atoms with Gasteiger partial charge < -0.3 is 10.5 Å². The first kappa shape index (κ1) is 13.2. The molecule has 0 aliphatic rings. The Balaban J connectivity index is 2.24. The lowest BCUT2D eigenvalue weighted by Gasteiger charge is -2.07. The second-order valence-electron chi connectivity index (χ2n) is 3.66. The first-order chi connectivity index (χ1) is 8.09. The van der Waals surface area contributed by atoms with Crippen LogP contribution in [0.5, 0.6) is 0 Å². The fourth-order valence-corrected chi connectivity index (χ4v) is 1.21. The number of esters is 1. The van der Waals surface area contributed by atoms with Gasteiger partial charge in [-0.25, -0.2) is 0 Å². The Morgan fingerprint density at radius 2 is 1.94 bits per heavy atom. The molecule has 1 rings (SSSR count). The largest absolute Gasteiger partial charge is 0.461 e. The van der Waals surface area contributed by atoms with Crippen molar-refractivity contribution in [1.82, 2.24) is 5.73 Å². The van der Waals surface area contributed by atoms with Crippen molar-refractivity contribution in [1.29, 1.82) is 0 Å². The van der Waals surface area contributed by atoms with E-state index in [1.807, 2.05) is 30.3 Å². The fourth-order valence-electron chi connectivity index (χ4n) is 1.21. The standard InChI is InChI=1S/C12H15N2O3/c13-10(12(14)16)6-7-11(15)17-8-9-4-2-1-3-5-9/h1-5,10,14H,6-8,13H2. The highest BCUT2D eigenvalue weighted by Gasteiger charge is 2.12. The number of hydrogen-bond donors (Lipinski definition) is 1. The molecule has 91 valence electrons. The summed E-state index contributed by atoms with van der Waals surface area (Å²) in [5.74, 6) is -1.27. The van der Waals surface area contributed by atoms with Crippen molar-refractivity contribution in [3.05, 3.63) is 35.9 Å². The van der Waals surface area contributed by atoms with Gasteiger partial charge in [0.1, 0.15) is 6.61 Å². The van der Waals surface area contributed by atoms with E-state index in [0.717, 1.165) is 5.56 Å². The van der Waals surface area contributed by atoms with Gasteiger partial charge in [0.2, 0.25) is 0 Å². The van der Waals surface area contributed by atoms with Crippen molar-refractivity contribution < 1.29 is 14.3 Å².